The van der Waals surface area contributed by atoms with Gasteiger partial charge < -0.3 is 20.1 Å². The van der Waals surface area contributed by atoms with Gasteiger partial charge in [0.15, 0.2) is 6.73 Å². The molecule has 0 heterocycles. The van der Waals surface area contributed by atoms with Crippen LogP contribution < -0.4 is 10.6 Å². The molecule has 142 valence electrons. The average Bonchev–Trinajstić information content (AvgIpc) is 2.67. The molecule has 0 saturated heterocycles. The third kappa shape index (κ3) is 7.60. The fourth-order valence-electron chi connectivity index (χ4n) is 2.30. The molecular weight excluding hydrogens is 348 g/mol. The number of hydrogen-bond acceptors (Lipinski definition) is 5. The molecule has 7 nitrogen and oxygen atoms in total. The van der Waals surface area contributed by atoms with E-state index in [0.29, 0.717) is 0 Å². The summed E-state index contributed by atoms with van der Waals surface area (Å²) in [6.07, 6.45) is -0.435. The predicted molar refractivity (Wildman–Crippen MR) is 98.5 cm³/mol. The van der Waals surface area contributed by atoms with Gasteiger partial charge in [-0.3, -0.25) is 9.59 Å². The molecule has 2 N–H and O–H groups in total. The van der Waals surface area contributed by atoms with Crippen molar-refractivity contribution < 1.29 is 23.9 Å². The summed E-state index contributed by atoms with van der Waals surface area (Å²) in [6.45, 7) is 1.08. The van der Waals surface area contributed by atoms with Crippen LogP contribution in [0.25, 0.3) is 0 Å². The third-order valence-corrected chi connectivity index (χ3v) is 3.63. The van der Waals surface area contributed by atoms with Gasteiger partial charge in [0, 0.05) is 13.3 Å². The van der Waals surface area contributed by atoms with Crippen LogP contribution in [0.3, 0.4) is 0 Å². The Hall–Kier alpha value is -3.35. The molecule has 0 aliphatic heterocycles. The van der Waals surface area contributed by atoms with Crippen LogP contribution in [0.1, 0.15) is 18.1 Å². The lowest BCUT2D eigenvalue weighted by Gasteiger charge is -2.18. The van der Waals surface area contributed by atoms with Crippen LogP contribution in [0.2, 0.25) is 0 Å². The molecule has 0 saturated carbocycles. The minimum Gasteiger partial charge on any atom is -0.445 e. The molecule has 2 amide bonds. The zero-order chi connectivity index (χ0) is 19.5. The number of amides is 2. The topological polar surface area (TPSA) is 93.7 Å². The van der Waals surface area contributed by atoms with Gasteiger partial charge >= 0.3 is 12.1 Å². The van der Waals surface area contributed by atoms with Crippen LogP contribution in [0.15, 0.2) is 60.7 Å². The van der Waals surface area contributed by atoms with Gasteiger partial charge in [0.2, 0.25) is 5.91 Å². The Morgan fingerprint density at radius 3 is 2.07 bits per heavy atom. The van der Waals surface area contributed by atoms with Crippen molar-refractivity contribution in [3.05, 3.63) is 71.8 Å². The molecule has 2 aromatic carbocycles. The van der Waals surface area contributed by atoms with Crippen molar-refractivity contribution in [2.45, 2.75) is 26.0 Å². The van der Waals surface area contributed by atoms with E-state index in [2.05, 4.69) is 10.6 Å². The molecule has 2 rings (SSSR count). The molecule has 1 unspecified atom stereocenters. The second-order valence-corrected chi connectivity index (χ2v) is 5.77. The van der Waals surface area contributed by atoms with Crippen molar-refractivity contribution in [3.8, 4) is 0 Å². The van der Waals surface area contributed by atoms with Crippen LogP contribution in [-0.2, 0) is 32.1 Å². The van der Waals surface area contributed by atoms with Gasteiger partial charge in [0.05, 0.1) is 0 Å². The summed E-state index contributed by atoms with van der Waals surface area (Å²) >= 11 is 0. The maximum absolute atomic E-state index is 12.4. The molecule has 0 radical (unpaired) electrons. The van der Waals surface area contributed by atoms with Crippen molar-refractivity contribution in [2.24, 2.45) is 0 Å². The number of ether oxygens (including phenoxy) is 2. The molecule has 7 heteroatoms. The number of benzene rings is 2. The van der Waals surface area contributed by atoms with Crippen molar-refractivity contribution in [1.82, 2.24) is 10.6 Å². The summed E-state index contributed by atoms with van der Waals surface area (Å²) in [4.78, 5) is 35.3. The number of carbonyl (C=O) groups is 3. The molecule has 0 aliphatic carbocycles. The normalized spacial score (nSPS) is 11.1. The molecule has 0 aliphatic rings. The molecule has 0 aromatic heterocycles. The first-order valence-electron chi connectivity index (χ1n) is 8.47. The lowest BCUT2D eigenvalue weighted by Crippen LogP contribution is -2.48. The van der Waals surface area contributed by atoms with E-state index in [1.165, 1.54) is 6.92 Å². The summed E-state index contributed by atoms with van der Waals surface area (Å²) in [5, 5.41) is 5.02. The second kappa shape index (κ2) is 10.6. The Balaban J connectivity index is 1.94. The van der Waals surface area contributed by atoms with Crippen molar-refractivity contribution in [1.29, 1.82) is 0 Å². The van der Waals surface area contributed by atoms with Crippen LogP contribution in [0, 0.1) is 0 Å². The Kier molecular flexibility index (Phi) is 7.84. The van der Waals surface area contributed by atoms with E-state index in [9.17, 15) is 14.4 Å². The number of hydrogen-bond donors (Lipinski definition) is 2. The van der Waals surface area contributed by atoms with E-state index < -0.39 is 24.0 Å². The monoisotopic (exact) mass is 370 g/mol. The molecule has 2 aromatic rings. The zero-order valence-corrected chi connectivity index (χ0v) is 15.0. The van der Waals surface area contributed by atoms with E-state index in [1.54, 1.807) is 0 Å². The molecule has 0 spiro atoms. The molecule has 1 atom stereocenters. The number of rotatable bonds is 8. The number of alkyl carbamates (subject to hydrolysis) is 1. The van der Waals surface area contributed by atoms with E-state index in [-0.39, 0.29) is 19.8 Å². The summed E-state index contributed by atoms with van der Waals surface area (Å²) in [5.74, 6) is -0.984. The molecule has 0 fully saturated rings. The fourth-order valence-corrected chi connectivity index (χ4v) is 2.30. The van der Waals surface area contributed by atoms with Crippen LogP contribution in [0.5, 0.6) is 0 Å². The highest BCUT2D eigenvalue weighted by Gasteiger charge is 2.22. The van der Waals surface area contributed by atoms with Gasteiger partial charge in [-0.25, -0.2) is 4.79 Å². The van der Waals surface area contributed by atoms with E-state index >= 15 is 0 Å². The Morgan fingerprint density at radius 2 is 1.48 bits per heavy atom. The SMILES string of the molecule is CC(=O)OCNC(=O)C(Cc1ccccc1)NC(=O)OCc1ccccc1. The van der Waals surface area contributed by atoms with E-state index in [4.69, 9.17) is 9.47 Å². The van der Waals surface area contributed by atoms with Gasteiger partial charge in [-0.2, -0.15) is 0 Å². The Morgan fingerprint density at radius 1 is 0.889 bits per heavy atom. The maximum atomic E-state index is 12.4. The smallest absolute Gasteiger partial charge is 0.408 e. The molecule has 0 bridgehead atoms. The van der Waals surface area contributed by atoms with E-state index in [1.807, 2.05) is 60.7 Å². The van der Waals surface area contributed by atoms with Crippen molar-refractivity contribution in [3.63, 3.8) is 0 Å². The van der Waals surface area contributed by atoms with Gasteiger partial charge in [-0.15, -0.1) is 0 Å². The summed E-state index contributed by atoms with van der Waals surface area (Å²) in [6, 6.07) is 17.6. The van der Waals surface area contributed by atoms with Crippen LogP contribution >= 0.6 is 0 Å². The average molecular weight is 370 g/mol. The van der Waals surface area contributed by atoms with E-state index in [0.717, 1.165) is 11.1 Å². The minimum atomic E-state index is -0.869. The second-order valence-electron chi connectivity index (χ2n) is 5.77. The van der Waals surface area contributed by atoms with Gasteiger partial charge in [-0.1, -0.05) is 60.7 Å². The van der Waals surface area contributed by atoms with Crippen molar-refractivity contribution in [2.75, 3.05) is 6.73 Å². The zero-order valence-electron chi connectivity index (χ0n) is 15.0. The summed E-state index contributed by atoms with van der Waals surface area (Å²) < 4.78 is 9.88. The first kappa shape index (κ1) is 20.0. The first-order valence-corrected chi connectivity index (χ1v) is 8.47. The highest BCUT2D eigenvalue weighted by Crippen LogP contribution is 2.05. The lowest BCUT2D eigenvalue weighted by atomic mass is 10.1. The predicted octanol–water partition coefficient (Wildman–Crippen LogP) is 2.16. The van der Waals surface area contributed by atoms with Crippen molar-refractivity contribution >= 4 is 18.0 Å². The standard InChI is InChI=1S/C20H22N2O5/c1-15(23)27-14-21-19(24)18(12-16-8-4-2-5-9-16)22-20(25)26-13-17-10-6-3-7-11-17/h2-11,18H,12-14H2,1H3,(H,21,24)(H,22,25). The van der Waals surface area contributed by atoms with Gasteiger partial charge in [0.1, 0.15) is 12.6 Å². The lowest BCUT2D eigenvalue weighted by molar-refractivity contribution is -0.143. The van der Waals surface area contributed by atoms with Gasteiger partial charge in [0.25, 0.3) is 0 Å². The van der Waals surface area contributed by atoms with Gasteiger partial charge in [-0.05, 0) is 11.1 Å². The van der Waals surface area contributed by atoms with Crippen LogP contribution in [-0.4, -0.2) is 30.7 Å². The first-order chi connectivity index (χ1) is 13.0. The minimum absolute atomic E-state index is 0.0970. The summed E-state index contributed by atoms with van der Waals surface area (Å²) in [5.41, 5.74) is 1.71. The summed E-state index contributed by atoms with van der Waals surface area (Å²) in [7, 11) is 0. The highest BCUT2D eigenvalue weighted by atomic mass is 16.5. The largest absolute Gasteiger partial charge is 0.445 e. The quantitative estimate of drug-likeness (QED) is 0.549. The molecular formula is C20H22N2O5. The Labute approximate surface area is 157 Å². The van der Waals surface area contributed by atoms with Crippen LogP contribution in [0.4, 0.5) is 4.79 Å². The fraction of sp³-hybridized carbons (Fsp3) is 0.250. The third-order valence-electron chi connectivity index (χ3n) is 3.63. The highest BCUT2D eigenvalue weighted by molar-refractivity contribution is 5.86. The number of carbonyl (C=O) groups excluding carboxylic acids is 3. The maximum Gasteiger partial charge on any atom is 0.408 e. The molecule has 27 heavy (non-hydrogen) atoms. The Bertz CT molecular complexity index is 749. The number of esters is 1. The number of nitrogens with one attached hydrogen (secondary N) is 2.